The van der Waals surface area contributed by atoms with Gasteiger partial charge in [0.05, 0.1) is 12.6 Å². The molecule has 0 aromatic heterocycles. The van der Waals surface area contributed by atoms with Crippen LogP contribution in [0.5, 0.6) is 0 Å². The van der Waals surface area contributed by atoms with Crippen molar-refractivity contribution in [1.29, 1.82) is 5.26 Å². The molecule has 0 aromatic carbocycles. The highest BCUT2D eigenvalue weighted by Gasteiger charge is 2.36. The van der Waals surface area contributed by atoms with Gasteiger partial charge >= 0.3 is 0 Å². The summed E-state index contributed by atoms with van der Waals surface area (Å²) >= 11 is 0. The minimum atomic E-state index is -0.778. The largest absolute Gasteiger partial charge is 0.388 e. The zero-order chi connectivity index (χ0) is 7.72. The van der Waals surface area contributed by atoms with Crippen LogP contribution in [0.3, 0.4) is 0 Å². The fourth-order valence-electron chi connectivity index (χ4n) is 1.11. The number of aliphatic hydroxyl groups excluding tert-OH is 2. The third-order valence-corrected chi connectivity index (χ3v) is 1.89. The second kappa shape index (κ2) is 2.45. The molecule has 10 heavy (non-hydrogen) atoms. The molecular formula is C6H10N2O2. The van der Waals surface area contributed by atoms with Gasteiger partial charge in [0.15, 0.2) is 6.19 Å². The maximum atomic E-state index is 9.12. The van der Waals surface area contributed by atoms with Gasteiger partial charge in [-0.15, -0.1) is 0 Å². The van der Waals surface area contributed by atoms with Gasteiger partial charge in [0.2, 0.25) is 0 Å². The lowest BCUT2D eigenvalue weighted by Gasteiger charge is -2.13. The van der Waals surface area contributed by atoms with Gasteiger partial charge in [-0.2, -0.15) is 5.26 Å². The second-order valence-electron chi connectivity index (χ2n) is 2.55. The van der Waals surface area contributed by atoms with Gasteiger partial charge in [-0.05, 0) is 6.92 Å². The van der Waals surface area contributed by atoms with Gasteiger partial charge in [0, 0.05) is 0 Å². The standard InChI is InChI=1S/C6H10N2O2/c1-4-6(10)5(9)2-8(4)3-7/h4-6,9-10H,2H2,1H3. The lowest BCUT2D eigenvalue weighted by atomic mass is 10.2. The molecule has 0 aliphatic carbocycles. The van der Waals surface area contributed by atoms with E-state index in [-0.39, 0.29) is 12.6 Å². The molecule has 56 valence electrons. The predicted octanol–water partition coefficient (Wildman–Crippen LogP) is -1.11. The molecule has 0 radical (unpaired) electrons. The van der Waals surface area contributed by atoms with Crippen LogP contribution in [0.2, 0.25) is 0 Å². The molecule has 1 saturated heterocycles. The molecule has 1 rings (SSSR count). The van der Waals surface area contributed by atoms with Crippen LogP contribution in [0.1, 0.15) is 6.92 Å². The summed E-state index contributed by atoms with van der Waals surface area (Å²) in [4.78, 5) is 1.37. The number of rotatable bonds is 0. The molecule has 0 bridgehead atoms. The van der Waals surface area contributed by atoms with E-state index in [0.29, 0.717) is 0 Å². The summed E-state index contributed by atoms with van der Waals surface area (Å²) in [6.45, 7) is 1.96. The summed E-state index contributed by atoms with van der Waals surface area (Å²) in [6, 6.07) is -0.250. The SMILES string of the molecule is CC1C(O)C(O)CN1C#N. The van der Waals surface area contributed by atoms with Gasteiger partial charge in [-0.3, -0.25) is 0 Å². The quantitative estimate of drug-likeness (QED) is 0.421. The van der Waals surface area contributed by atoms with Gasteiger partial charge < -0.3 is 15.1 Å². The Balaban J connectivity index is 2.64. The van der Waals surface area contributed by atoms with E-state index < -0.39 is 12.2 Å². The first-order chi connectivity index (χ1) is 4.66. The summed E-state index contributed by atoms with van der Waals surface area (Å²) in [5, 5.41) is 26.6. The number of nitriles is 1. The van der Waals surface area contributed by atoms with Gasteiger partial charge in [0.1, 0.15) is 12.2 Å². The topological polar surface area (TPSA) is 67.5 Å². The van der Waals surface area contributed by atoms with Crippen molar-refractivity contribution in [2.24, 2.45) is 0 Å². The molecule has 4 nitrogen and oxygen atoms in total. The number of hydrogen-bond donors (Lipinski definition) is 2. The molecule has 0 saturated carbocycles. The third-order valence-electron chi connectivity index (χ3n) is 1.89. The maximum absolute atomic E-state index is 9.12. The second-order valence-corrected chi connectivity index (χ2v) is 2.55. The van der Waals surface area contributed by atoms with Crippen LogP contribution in [0.25, 0.3) is 0 Å². The Kier molecular flexibility index (Phi) is 1.79. The average Bonchev–Trinajstić information content (AvgIpc) is 2.17. The lowest BCUT2D eigenvalue weighted by molar-refractivity contribution is 0.0424. The molecule has 0 spiro atoms. The maximum Gasteiger partial charge on any atom is 0.179 e. The summed E-state index contributed by atoms with van der Waals surface area (Å²) in [6.07, 6.45) is 0.341. The number of nitrogens with zero attached hydrogens (tertiary/aromatic N) is 2. The fraction of sp³-hybridized carbons (Fsp3) is 0.833. The Labute approximate surface area is 59.3 Å². The van der Waals surface area contributed by atoms with Crippen molar-refractivity contribution in [3.8, 4) is 6.19 Å². The van der Waals surface area contributed by atoms with Crippen LogP contribution in [0, 0.1) is 11.5 Å². The number of β-amino-alcohol motifs (C(OH)–C–C–N with tert-alkyl or cyclic N) is 1. The van der Waals surface area contributed by atoms with Crippen molar-refractivity contribution in [3.05, 3.63) is 0 Å². The summed E-state index contributed by atoms with van der Waals surface area (Å²) in [5.41, 5.74) is 0. The van der Waals surface area contributed by atoms with Gasteiger partial charge in [0.25, 0.3) is 0 Å². The van der Waals surface area contributed by atoms with Crippen molar-refractivity contribution in [3.63, 3.8) is 0 Å². The third kappa shape index (κ3) is 0.939. The highest BCUT2D eigenvalue weighted by Crippen LogP contribution is 2.16. The van der Waals surface area contributed by atoms with Crippen molar-refractivity contribution >= 4 is 0 Å². The van der Waals surface area contributed by atoms with Crippen LogP contribution >= 0.6 is 0 Å². The minimum Gasteiger partial charge on any atom is -0.388 e. The highest BCUT2D eigenvalue weighted by atomic mass is 16.3. The van der Waals surface area contributed by atoms with Crippen LogP contribution in [-0.4, -0.2) is 39.9 Å². The smallest absolute Gasteiger partial charge is 0.179 e. The van der Waals surface area contributed by atoms with E-state index in [1.165, 1.54) is 4.90 Å². The first-order valence-electron chi connectivity index (χ1n) is 3.19. The molecule has 1 aliphatic rings. The van der Waals surface area contributed by atoms with E-state index in [1.807, 2.05) is 6.19 Å². The molecule has 0 aromatic rings. The number of likely N-dealkylation sites (tertiary alicyclic amines) is 1. The van der Waals surface area contributed by atoms with Crippen molar-refractivity contribution < 1.29 is 10.2 Å². The van der Waals surface area contributed by atoms with Crippen molar-refractivity contribution in [2.45, 2.75) is 25.2 Å². The monoisotopic (exact) mass is 142 g/mol. The Hall–Kier alpha value is -0.790. The first-order valence-corrected chi connectivity index (χ1v) is 3.19. The highest BCUT2D eigenvalue weighted by molar-refractivity contribution is 4.96. The molecule has 3 atom stereocenters. The van der Waals surface area contributed by atoms with Crippen LogP contribution in [0.15, 0.2) is 0 Å². The van der Waals surface area contributed by atoms with Crippen molar-refractivity contribution in [1.82, 2.24) is 4.90 Å². The molecule has 1 aliphatic heterocycles. The molecule has 0 amide bonds. The molecule has 3 unspecified atom stereocenters. The fourth-order valence-corrected chi connectivity index (χ4v) is 1.11. The van der Waals surface area contributed by atoms with E-state index in [2.05, 4.69) is 0 Å². The molecule has 1 heterocycles. The molecular weight excluding hydrogens is 132 g/mol. The van der Waals surface area contributed by atoms with Gasteiger partial charge in [-0.25, -0.2) is 0 Å². The Bertz CT molecular complexity index is 166. The zero-order valence-electron chi connectivity index (χ0n) is 5.73. The first kappa shape index (κ1) is 7.32. The normalized spacial score (nSPS) is 39.8. The number of aliphatic hydroxyl groups is 2. The average molecular weight is 142 g/mol. The summed E-state index contributed by atoms with van der Waals surface area (Å²) < 4.78 is 0. The van der Waals surface area contributed by atoms with Crippen LogP contribution in [0.4, 0.5) is 0 Å². The summed E-state index contributed by atoms with van der Waals surface area (Å²) in [7, 11) is 0. The van der Waals surface area contributed by atoms with Crippen molar-refractivity contribution in [2.75, 3.05) is 6.54 Å². The Morgan fingerprint density at radius 3 is 2.40 bits per heavy atom. The van der Waals surface area contributed by atoms with E-state index in [0.717, 1.165) is 0 Å². The minimum absolute atomic E-state index is 0.249. The molecule has 2 N–H and O–H groups in total. The summed E-state index contributed by atoms with van der Waals surface area (Å²) in [5.74, 6) is 0. The molecule has 1 fully saturated rings. The zero-order valence-corrected chi connectivity index (χ0v) is 5.73. The van der Waals surface area contributed by atoms with E-state index >= 15 is 0 Å². The number of hydrogen-bond acceptors (Lipinski definition) is 4. The van der Waals surface area contributed by atoms with Crippen LogP contribution in [-0.2, 0) is 0 Å². The van der Waals surface area contributed by atoms with E-state index in [9.17, 15) is 0 Å². The van der Waals surface area contributed by atoms with Crippen LogP contribution < -0.4 is 0 Å². The Morgan fingerprint density at radius 2 is 2.20 bits per heavy atom. The van der Waals surface area contributed by atoms with E-state index in [1.54, 1.807) is 6.92 Å². The molecule has 4 heteroatoms. The van der Waals surface area contributed by atoms with E-state index in [4.69, 9.17) is 15.5 Å². The predicted molar refractivity (Wildman–Crippen MR) is 33.8 cm³/mol. The van der Waals surface area contributed by atoms with Gasteiger partial charge in [-0.1, -0.05) is 0 Å². The lowest BCUT2D eigenvalue weighted by Crippen LogP contribution is -2.30. The Morgan fingerprint density at radius 1 is 1.60 bits per heavy atom.